The first kappa shape index (κ1) is 18.0. The Morgan fingerprint density at radius 1 is 1.12 bits per heavy atom. The molecule has 1 heterocycles. The molecule has 0 saturated carbocycles. The summed E-state index contributed by atoms with van der Waals surface area (Å²) in [7, 11) is 0. The van der Waals surface area contributed by atoms with Gasteiger partial charge in [0, 0.05) is 5.56 Å². The number of carbonyl (C=O) groups excluding carboxylic acids is 2. The molecule has 1 saturated heterocycles. The Kier molecular flexibility index (Phi) is 5.56. The SMILES string of the molecule is CCC(C)[C@H]1C(=O)O[C@@H](c2ccccc2)N1C(=O)OCc1ccccc1. The minimum Gasteiger partial charge on any atom is -0.444 e. The Labute approximate surface area is 153 Å². The van der Waals surface area contributed by atoms with Gasteiger partial charge in [0.15, 0.2) is 0 Å². The maximum absolute atomic E-state index is 12.9. The van der Waals surface area contributed by atoms with E-state index in [0.29, 0.717) is 0 Å². The Morgan fingerprint density at radius 2 is 1.73 bits per heavy atom. The fourth-order valence-electron chi connectivity index (χ4n) is 3.08. The van der Waals surface area contributed by atoms with Gasteiger partial charge < -0.3 is 9.47 Å². The molecule has 26 heavy (non-hydrogen) atoms. The van der Waals surface area contributed by atoms with Crippen molar-refractivity contribution in [1.82, 2.24) is 4.90 Å². The lowest BCUT2D eigenvalue weighted by molar-refractivity contribution is -0.143. The molecule has 0 N–H and O–H groups in total. The van der Waals surface area contributed by atoms with Crippen LogP contribution in [0.4, 0.5) is 4.79 Å². The van der Waals surface area contributed by atoms with Gasteiger partial charge in [-0.1, -0.05) is 80.9 Å². The minimum atomic E-state index is -0.758. The predicted octanol–water partition coefficient (Wildman–Crippen LogP) is 4.30. The predicted molar refractivity (Wildman–Crippen MR) is 97.0 cm³/mol. The van der Waals surface area contributed by atoms with E-state index in [1.807, 2.05) is 74.5 Å². The zero-order chi connectivity index (χ0) is 18.5. The second-order valence-corrected chi connectivity index (χ2v) is 6.48. The molecule has 0 aliphatic carbocycles. The summed E-state index contributed by atoms with van der Waals surface area (Å²) in [5, 5.41) is 0. The van der Waals surface area contributed by atoms with Crippen LogP contribution in [0.15, 0.2) is 60.7 Å². The molecule has 3 rings (SSSR count). The van der Waals surface area contributed by atoms with Gasteiger partial charge in [0.1, 0.15) is 12.6 Å². The Morgan fingerprint density at radius 3 is 2.35 bits per heavy atom. The largest absolute Gasteiger partial charge is 0.444 e. The molecule has 1 aliphatic rings. The summed E-state index contributed by atoms with van der Waals surface area (Å²) in [6.45, 7) is 4.08. The first-order valence-electron chi connectivity index (χ1n) is 8.86. The van der Waals surface area contributed by atoms with E-state index in [-0.39, 0.29) is 18.5 Å². The van der Waals surface area contributed by atoms with Crippen LogP contribution in [0.2, 0.25) is 0 Å². The van der Waals surface area contributed by atoms with Crippen molar-refractivity contribution in [1.29, 1.82) is 0 Å². The van der Waals surface area contributed by atoms with Gasteiger partial charge in [0.05, 0.1) is 0 Å². The van der Waals surface area contributed by atoms with Crippen LogP contribution in [0.25, 0.3) is 0 Å². The van der Waals surface area contributed by atoms with Gasteiger partial charge in [-0.05, 0) is 11.5 Å². The lowest BCUT2D eigenvalue weighted by Gasteiger charge is -2.28. The van der Waals surface area contributed by atoms with Crippen LogP contribution in [0, 0.1) is 5.92 Å². The van der Waals surface area contributed by atoms with Gasteiger partial charge in [-0.2, -0.15) is 0 Å². The monoisotopic (exact) mass is 353 g/mol. The van der Waals surface area contributed by atoms with Crippen molar-refractivity contribution in [2.45, 2.75) is 39.1 Å². The van der Waals surface area contributed by atoms with E-state index in [1.54, 1.807) is 0 Å². The molecule has 0 radical (unpaired) electrons. The molecular weight excluding hydrogens is 330 g/mol. The number of ether oxygens (including phenoxy) is 2. The first-order chi connectivity index (χ1) is 12.6. The van der Waals surface area contributed by atoms with Crippen LogP contribution in [0.3, 0.4) is 0 Å². The molecule has 2 aromatic carbocycles. The van der Waals surface area contributed by atoms with E-state index in [1.165, 1.54) is 4.90 Å². The van der Waals surface area contributed by atoms with Crippen molar-refractivity contribution >= 4 is 12.1 Å². The summed E-state index contributed by atoms with van der Waals surface area (Å²) in [4.78, 5) is 26.8. The van der Waals surface area contributed by atoms with Crippen molar-refractivity contribution < 1.29 is 19.1 Å². The number of nitrogens with zero attached hydrogens (tertiary/aromatic N) is 1. The Hall–Kier alpha value is -2.82. The molecule has 1 amide bonds. The molecule has 5 nitrogen and oxygen atoms in total. The number of cyclic esters (lactones) is 1. The molecule has 2 aromatic rings. The highest BCUT2D eigenvalue weighted by molar-refractivity contribution is 5.85. The molecule has 0 spiro atoms. The second-order valence-electron chi connectivity index (χ2n) is 6.48. The number of esters is 1. The third-order valence-corrected chi connectivity index (χ3v) is 4.71. The molecule has 3 atom stereocenters. The topological polar surface area (TPSA) is 55.8 Å². The van der Waals surface area contributed by atoms with Crippen molar-refractivity contribution in [2.75, 3.05) is 0 Å². The second kappa shape index (κ2) is 8.04. The highest BCUT2D eigenvalue weighted by Gasteiger charge is 2.48. The number of carbonyl (C=O) groups is 2. The highest BCUT2D eigenvalue weighted by atomic mass is 16.6. The van der Waals surface area contributed by atoms with Crippen LogP contribution in [-0.2, 0) is 20.9 Å². The fraction of sp³-hybridized carbons (Fsp3) is 0.333. The van der Waals surface area contributed by atoms with Gasteiger partial charge >= 0.3 is 12.1 Å². The summed E-state index contributed by atoms with van der Waals surface area (Å²) < 4.78 is 11.0. The van der Waals surface area contributed by atoms with Gasteiger partial charge in [0.2, 0.25) is 6.23 Å². The van der Waals surface area contributed by atoms with Gasteiger partial charge in [-0.3, -0.25) is 4.90 Å². The average molecular weight is 353 g/mol. The normalized spacial score (nSPS) is 20.5. The van der Waals surface area contributed by atoms with Crippen LogP contribution < -0.4 is 0 Å². The molecule has 1 unspecified atom stereocenters. The van der Waals surface area contributed by atoms with E-state index in [0.717, 1.165) is 17.5 Å². The van der Waals surface area contributed by atoms with Crippen LogP contribution in [0.1, 0.15) is 37.6 Å². The summed E-state index contributed by atoms with van der Waals surface area (Å²) >= 11 is 0. The molecule has 1 aliphatic heterocycles. The van der Waals surface area contributed by atoms with E-state index in [4.69, 9.17) is 9.47 Å². The molecule has 0 bridgehead atoms. The van der Waals surface area contributed by atoms with E-state index >= 15 is 0 Å². The van der Waals surface area contributed by atoms with Gasteiger partial charge in [-0.15, -0.1) is 0 Å². The number of amides is 1. The van der Waals surface area contributed by atoms with Crippen molar-refractivity contribution in [3.8, 4) is 0 Å². The van der Waals surface area contributed by atoms with Crippen molar-refractivity contribution in [3.63, 3.8) is 0 Å². The zero-order valence-corrected chi connectivity index (χ0v) is 15.0. The lowest BCUT2D eigenvalue weighted by atomic mass is 9.98. The summed E-state index contributed by atoms with van der Waals surface area (Å²) in [6.07, 6.45) is -0.547. The molecule has 1 fully saturated rings. The van der Waals surface area contributed by atoms with Crippen LogP contribution in [-0.4, -0.2) is 23.0 Å². The van der Waals surface area contributed by atoms with Gasteiger partial charge in [-0.25, -0.2) is 9.59 Å². The number of rotatable bonds is 5. The smallest absolute Gasteiger partial charge is 0.414 e. The summed E-state index contributed by atoms with van der Waals surface area (Å²) in [6, 6.07) is 18.1. The number of benzene rings is 2. The molecule has 5 heteroatoms. The lowest BCUT2D eigenvalue weighted by Crippen LogP contribution is -2.43. The molecule has 0 aromatic heterocycles. The van der Waals surface area contributed by atoms with Gasteiger partial charge in [0.25, 0.3) is 0 Å². The number of hydrogen-bond acceptors (Lipinski definition) is 4. The summed E-state index contributed by atoms with van der Waals surface area (Å²) in [5.74, 6) is -0.412. The third-order valence-electron chi connectivity index (χ3n) is 4.71. The molecule has 136 valence electrons. The maximum atomic E-state index is 12.9. The Bertz CT molecular complexity index is 747. The van der Waals surface area contributed by atoms with Crippen LogP contribution >= 0.6 is 0 Å². The third kappa shape index (κ3) is 3.72. The van der Waals surface area contributed by atoms with E-state index < -0.39 is 18.4 Å². The zero-order valence-electron chi connectivity index (χ0n) is 15.0. The number of hydrogen-bond donors (Lipinski definition) is 0. The maximum Gasteiger partial charge on any atom is 0.414 e. The quantitative estimate of drug-likeness (QED) is 0.752. The van der Waals surface area contributed by atoms with Crippen molar-refractivity contribution in [2.24, 2.45) is 5.92 Å². The Balaban J connectivity index is 1.83. The highest BCUT2D eigenvalue weighted by Crippen LogP contribution is 2.36. The summed E-state index contributed by atoms with van der Waals surface area (Å²) in [5.41, 5.74) is 1.65. The average Bonchev–Trinajstić information content (AvgIpc) is 3.04. The van der Waals surface area contributed by atoms with Crippen molar-refractivity contribution in [3.05, 3.63) is 71.8 Å². The standard InChI is InChI=1S/C21H23NO4/c1-3-15(2)18-20(23)26-19(17-12-8-5-9-13-17)22(18)21(24)25-14-16-10-6-4-7-11-16/h4-13,15,18-19H,3,14H2,1-2H3/t15?,18-,19-/m0/s1. The molecular formula is C21H23NO4. The van der Waals surface area contributed by atoms with E-state index in [2.05, 4.69) is 0 Å². The van der Waals surface area contributed by atoms with E-state index in [9.17, 15) is 9.59 Å². The minimum absolute atomic E-state index is 0.0273. The van der Waals surface area contributed by atoms with Crippen LogP contribution in [0.5, 0.6) is 0 Å². The first-order valence-corrected chi connectivity index (χ1v) is 8.86. The fourth-order valence-corrected chi connectivity index (χ4v) is 3.08.